The Hall–Kier alpha value is -2.28. The zero-order chi connectivity index (χ0) is 14.5. The molecule has 1 heterocycles. The third-order valence-corrected chi connectivity index (χ3v) is 3.16. The van der Waals surface area contributed by atoms with Crippen molar-refractivity contribution in [1.29, 1.82) is 0 Å². The van der Waals surface area contributed by atoms with Crippen LogP contribution in [-0.2, 0) is 11.8 Å². The van der Waals surface area contributed by atoms with E-state index in [-0.39, 0.29) is 11.8 Å². The standard InChI is InChI=1S/C13H18N6O/c1-3-9(8-14)13(20)15-11-6-4-5-10(7-11)12-16-17-18-19(12)2/h4-7,9H,3,8,14H2,1-2H3,(H,15,20). The number of amides is 1. The summed E-state index contributed by atoms with van der Waals surface area (Å²) in [5.41, 5.74) is 7.13. The van der Waals surface area contributed by atoms with Crippen LogP contribution in [-0.4, -0.2) is 32.7 Å². The van der Waals surface area contributed by atoms with Crippen molar-refractivity contribution in [2.75, 3.05) is 11.9 Å². The molecule has 1 atom stereocenters. The van der Waals surface area contributed by atoms with Gasteiger partial charge in [0.25, 0.3) is 0 Å². The number of hydrogen-bond acceptors (Lipinski definition) is 5. The Balaban J connectivity index is 2.19. The fourth-order valence-electron chi connectivity index (χ4n) is 1.91. The van der Waals surface area contributed by atoms with Crippen LogP contribution in [0, 0.1) is 5.92 Å². The van der Waals surface area contributed by atoms with E-state index in [1.807, 2.05) is 31.2 Å². The molecule has 0 radical (unpaired) electrons. The van der Waals surface area contributed by atoms with Crippen LogP contribution in [0.4, 0.5) is 5.69 Å². The number of carbonyl (C=O) groups excluding carboxylic acids is 1. The van der Waals surface area contributed by atoms with E-state index in [9.17, 15) is 4.79 Å². The number of nitrogens with two attached hydrogens (primary N) is 1. The zero-order valence-electron chi connectivity index (χ0n) is 11.6. The lowest BCUT2D eigenvalue weighted by Gasteiger charge is -2.13. The molecule has 7 heteroatoms. The van der Waals surface area contributed by atoms with Gasteiger partial charge in [-0.15, -0.1) is 5.10 Å². The molecular weight excluding hydrogens is 256 g/mol. The molecule has 0 aliphatic heterocycles. The molecule has 1 aromatic carbocycles. The van der Waals surface area contributed by atoms with Crippen LogP contribution in [0.1, 0.15) is 13.3 Å². The molecule has 7 nitrogen and oxygen atoms in total. The smallest absolute Gasteiger partial charge is 0.228 e. The van der Waals surface area contributed by atoms with Crippen molar-refractivity contribution < 1.29 is 4.79 Å². The summed E-state index contributed by atoms with van der Waals surface area (Å²) in [5, 5.41) is 14.2. The number of tetrazole rings is 1. The van der Waals surface area contributed by atoms with Gasteiger partial charge in [0.15, 0.2) is 5.82 Å². The molecule has 20 heavy (non-hydrogen) atoms. The number of hydrogen-bond donors (Lipinski definition) is 2. The van der Waals surface area contributed by atoms with Gasteiger partial charge in [0, 0.05) is 24.8 Å². The summed E-state index contributed by atoms with van der Waals surface area (Å²) in [6.07, 6.45) is 0.717. The predicted molar refractivity (Wildman–Crippen MR) is 75.7 cm³/mol. The first-order valence-electron chi connectivity index (χ1n) is 6.49. The molecule has 2 aromatic rings. The molecule has 0 spiro atoms. The number of aryl methyl sites for hydroxylation is 1. The lowest BCUT2D eigenvalue weighted by molar-refractivity contribution is -0.119. The summed E-state index contributed by atoms with van der Waals surface area (Å²) < 4.78 is 1.58. The predicted octanol–water partition coefficient (Wildman–Crippen LogP) is 0.800. The molecule has 3 N–H and O–H groups in total. The fraction of sp³-hybridized carbons (Fsp3) is 0.385. The van der Waals surface area contributed by atoms with Crippen LogP contribution in [0.3, 0.4) is 0 Å². The molecule has 1 unspecified atom stereocenters. The second-order valence-corrected chi connectivity index (χ2v) is 4.54. The molecule has 0 aliphatic rings. The van der Waals surface area contributed by atoms with E-state index < -0.39 is 0 Å². The number of nitrogens with one attached hydrogen (secondary N) is 1. The summed E-state index contributed by atoms with van der Waals surface area (Å²) >= 11 is 0. The van der Waals surface area contributed by atoms with Crippen molar-refractivity contribution in [1.82, 2.24) is 20.2 Å². The molecule has 1 amide bonds. The first-order chi connectivity index (χ1) is 9.65. The van der Waals surface area contributed by atoms with E-state index in [1.54, 1.807) is 11.7 Å². The van der Waals surface area contributed by atoms with Gasteiger partial charge in [-0.3, -0.25) is 4.79 Å². The molecular formula is C13H18N6O. The fourth-order valence-corrected chi connectivity index (χ4v) is 1.91. The number of benzene rings is 1. The number of rotatable bonds is 5. The SMILES string of the molecule is CCC(CN)C(=O)Nc1cccc(-c2nnnn2C)c1. The second kappa shape index (κ2) is 6.25. The lowest BCUT2D eigenvalue weighted by Crippen LogP contribution is -2.28. The van der Waals surface area contributed by atoms with Gasteiger partial charge in [-0.2, -0.15) is 0 Å². The minimum Gasteiger partial charge on any atom is -0.330 e. The largest absolute Gasteiger partial charge is 0.330 e. The van der Waals surface area contributed by atoms with Gasteiger partial charge < -0.3 is 11.1 Å². The third-order valence-electron chi connectivity index (χ3n) is 3.16. The third kappa shape index (κ3) is 3.00. The molecule has 0 bridgehead atoms. The highest BCUT2D eigenvalue weighted by Crippen LogP contribution is 2.20. The molecule has 1 aromatic heterocycles. The molecule has 0 fully saturated rings. The van der Waals surface area contributed by atoms with Crippen LogP contribution in [0.25, 0.3) is 11.4 Å². The molecule has 0 aliphatic carbocycles. The van der Waals surface area contributed by atoms with Gasteiger partial charge in [-0.25, -0.2) is 4.68 Å². The van der Waals surface area contributed by atoms with E-state index in [0.29, 0.717) is 18.1 Å². The Morgan fingerprint density at radius 2 is 2.30 bits per heavy atom. The van der Waals surface area contributed by atoms with Crippen LogP contribution in [0.2, 0.25) is 0 Å². The highest BCUT2D eigenvalue weighted by molar-refractivity contribution is 5.93. The van der Waals surface area contributed by atoms with Crippen LogP contribution < -0.4 is 11.1 Å². The summed E-state index contributed by atoms with van der Waals surface area (Å²) in [5.74, 6) is 0.408. The van der Waals surface area contributed by atoms with Crippen molar-refractivity contribution in [3.63, 3.8) is 0 Å². The van der Waals surface area contributed by atoms with Crippen molar-refractivity contribution in [3.05, 3.63) is 24.3 Å². The highest BCUT2D eigenvalue weighted by Gasteiger charge is 2.15. The average Bonchev–Trinajstić information content (AvgIpc) is 2.86. The average molecular weight is 274 g/mol. The van der Waals surface area contributed by atoms with Crippen molar-refractivity contribution in [3.8, 4) is 11.4 Å². The summed E-state index contributed by atoms with van der Waals surface area (Å²) in [6.45, 7) is 2.29. The van der Waals surface area contributed by atoms with E-state index >= 15 is 0 Å². The van der Waals surface area contributed by atoms with Crippen LogP contribution >= 0.6 is 0 Å². The van der Waals surface area contributed by atoms with Gasteiger partial charge in [-0.05, 0) is 29.0 Å². The maximum absolute atomic E-state index is 12.0. The number of anilines is 1. The first-order valence-corrected chi connectivity index (χ1v) is 6.49. The minimum atomic E-state index is -0.171. The topological polar surface area (TPSA) is 98.7 Å². The van der Waals surface area contributed by atoms with Crippen molar-refractivity contribution in [2.45, 2.75) is 13.3 Å². The summed E-state index contributed by atoms with van der Waals surface area (Å²) in [6, 6.07) is 7.41. The Labute approximate surface area is 117 Å². The molecule has 0 saturated carbocycles. The van der Waals surface area contributed by atoms with E-state index in [2.05, 4.69) is 20.8 Å². The monoisotopic (exact) mass is 274 g/mol. The normalized spacial score (nSPS) is 12.2. The summed E-state index contributed by atoms with van der Waals surface area (Å²) in [7, 11) is 1.77. The van der Waals surface area contributed by atoms with E-state index in [4.69, 9.17) is 5.73 Å². The molecule has 0 saturated heterocycles. The highest BCUT2D eigenvalue weighted by atomic mass is 16.1. The Morgan fingerprint density at radius 1 is 1.50 bits per heavy atom. The van der Waals surface area contributed by atoms with Crippen molar-refractivity contribution >= 4 is 11.6 Å². The van der Waals surface area contributed by atoms with Gasteiger partial charge in [0.1, 0.15) is 0 Å². The van der Waals surface area contributed by atoms with Crippen LogP contribution in [0.15, 0.2) is 24.3 Å². The quantitative estimate of drug-likeness (QED) is 0.840. The number of carbonyl (C=O) groups is 1. The maximum Gasteiger partial charge on any atom is 0.228 e. The molecule has 106 valence electrons. The lowest BCUT2D eigenvalue weighted by atomic mass is 10.1. The van der Waals surface area contributed by atoms with Crippen molar-refractivity contribution in [2.24, 2.45) is 18.7 Å². The van der Waals surface area contributed by atoms with Gasteiger partial charge in [-0.1, -0.05) is 19.1 Å². The summed E-state index contributed by atoms with van der Waals surface area (Å²) in [4.78, 5) is 12.0. The minimum absolute atomic E-state index is 0.0664. The van der Waals surface area contributed by atoms with Gasteiger partial charge in [0.2, 0.25) is 5.91 Å². The Kier molecular flexibility index (Phi) is 4.41. The number of nitrogens with zero attached hydrogens (tertiary/aromatic N) is 4. The zero-order valence-corrected chi connectivity index (χ0v) is 11.6. The Bertz CT molecular complexity index is 590. The second-order valence-electron chi connectivity index (χ2n) is 4.54. The van der Waals surface area contributed by atoms with Gasteiger partial charge >= 0.3 is 0 Å². The number of aromatic nitrogens is 4. The maximum atomic E-state index is 12.0. The van der Waals surface area contributed by atoms with E-state index in [1.165, 1.54) is 0 Å². The first kappa shape index (κ1) is 14.1. The molecule has 2 rings (SSSR count). The van der Waals surface area contributed by atoms with Crippen LogP contribution in [0.5, 0.6) is 0 Å². The van der Waals surface area contributed by atoms with E-state index in [0.717, 1.165) is 12.0 Å². The van der Waals surface area contributed by atoms with Gasteiger partial charge in [0.05, 0.1) is 5.92 Å². The Morgan fingerprint density at radius 3 is 2.90 bits per heavy atom.